The molecule has 2 saturated heterocycles. The van der Waals surface area contributed by atoms with Crippen molar-refractivity contribution in [1.82, 2.24) is 4.90 Å². The Morgan fingerprint density at radius 2 is 1.85 bits per heavy atom. The molecule has 2 aliphatic heterocycles. The number of ether oxygens (including phenoxy) is 2. The van der Waals surface area contributed by atoms with E-state index in [-0.39, 0.29) is 18.1 Å². The van der Waals surface area contributed by atoms with Gasteiger partial charge in [0.2, 0.25) is 5.78 Å². The molecule has 1 aromatic rings. The summed E-state index contributed by atoms with van der Waals surface area (Å²) in [5.41, 5.74) is 1.53. The SMILES string of the molecule is COC[C@H]1OC(=O)/C(=C/N2CCC(c3ccccc3)CC2)C2=C(O)C(=O)C3=C([C]C[C@@]4(C)C3CC[C@@H]4O)[C@]21C. The van der Waals surface area contributed by atoms with E-state index >= 15 is 0 Å². The Balaban J connectivity index is 1.38. The van der Waals surface area contributed by atoms with Crippen LogP contribution in [0, 0.1) is 23.2 Å². The smallest absolute Gasteiger partial charge is 0.340 e. The molecule has 0 aromatic heterocycles. The van der Waals surface area contributed by atoms with Crippen LogP contribution < -0.4 is 0 Å². The minimum absolute atomic E-state index is 0.117. The van der Waals surface area contributed by atoms with Crippen molar-refractivity contribution in [2.24, 2.45) is 16.7 Å². The number of Topliss-reactive ketones (excluding diaryl/α,β-unsaturated/α-hetero) is 1. The van der Waals surface area contributed by atoms with Crippen molar-refractivity contribution in [1.29, 1.82) is 0 Å². The number of aliphatic hydroxyl groups is 2. The summed E-state index contributed by atoms with van der Waals surface area (Å²) in [5.74, 6) is -1.16. The number of ketones is 1. The van der Waals surface area contributed by atoms with Crippen LogP contribution in [0.2, 0.25) is 0 Å². The highest BCUT2D eigenvalue weighted by Gasteiger charge is 2.61. The first-order chi connectivity index (χ1) is 18.7. The topological polar surface area (TPSA) is 96.3 Å². The maximum atomic E-state index is 13.8. The van der Waals surface area contributed by atoms with E-state index in [2.05, 4.69) is 35.6 Å². The third kappa shape index (κ3) is 3.92. The molecule has 7 nitrogen and oxygen atoms in total. The first-order valence-electron chi connectivity index (χ1n) is 14.1. The van der Waals surface area contributed by atoms with Crippen molar-refractivity contribution in [3.8, 4) is 0 Å². The summed E-state index contributed by atoms with van der Waals surface area (Å²) in [6, 6.07) is 10.5. The first kappa shape index (κ1) is 26.3. The summed E-state index contributed by atoms with van der Waals surface area (Å²) < 4.78 is 11.5. The lowest BCUT2D eigenvalue weighted by Crippen LogP contribution is -2.53. The highest BCUT2D eigenvalue weighted by molar-refractivity contribution is 6.13. The van der Waals surface area contributed by atoms with Gasteiger partial charge >= 0.3 is 5.97 Å². The zero-order chi connectivity index (χ0) is 27.5. The molecule has 5 aliphatic rings. The fraction of sp³-hybridized carbons (Fsp3) is 0.531. The van der Waals surface area contributed by atoms with Crippen LogP contribution in [0.15, 0.2) is 64.6 Å². The molecule has 206 valence electrons. The number of benzene rings is 1. The molecule has 0 spiro atoms. The summed E-state index contributed by atoms with van der Waals surface area (Å²) in [6.07, 6.45) is 7.62. The van der Waals surface area contributed by atoms with Crippen LogP contribution >= 0.6 is 0 Å². The van der Waals surface area contributed by atoms with Crippen LogP contribution in [0.3, 0.4) is 0 Å². The molecule has 3 fully saturated rings. The number of carbonyl (C=O) groups excluding carboxylic acids is 2. The van der Waals surface area contributed by atoms with Crippen molar-refractivity contribution < 1.29 is 29.3 Å². The molecular weight excluding hydrogens is 494 g/mol. The molecule has 2 heterocycles. The van der Waals surface area contributed by atoms with E-state index < -0.39 is 40.5 Å². The molecule has 7 heteroatoms. The van der Waals surface area contributed by atoms with Gasteiger partial charge in [0, 0.05) is 49.4 Å². The highest BCUT2D eigenvalue weighted by atomic mass is 16.6. The normalized spacial score (nSPS) is 36.2. The fourth-order valence-electron chi connectivity index (χ4n) is 7.71. The Morgan fingerprint density at radius 3 is 2.54 bits per heavy atom. The van der Waals surface area contributed by atoms with Gasteiger partial charge in [-0.2, -0.15) is 0 Å². The Morgan fingerprint density at radius 1 is 1.13 bits per heavy atom. The van der Waals surface area contributed by atoms with Crippen LogP contribution in [-0.2, 0) is 19.1 Å². The average molecular weight is 532 g/mol. The maximum Gasteiger partial charge on any atom is 0.340 e. The first-order valence-corrected chi connectivity index (χ1v) is 14.1. The molecule has 1 unspecified atom stereocenters. The van der Waals surface area contributed by atoms with Gasteiger partial charge in [0.15, 0.2) is 5.76 Å². The van der Waals surface area contributed by atoms with Gasteiger partial charge in [0.05, 0.1) is 23.7 Å². The molecule has 0 bridgehead atoms. The molecule has 2 radical (unpaired) electrons. The predicted molar refractivity (Wildman–Crippen MR) is 144 cm³/mol. The van der Waals surface area contributed by atoms with Gasteiger partial charge in [-0.15, -0.1) is 0 Å². The van der Waals surface area contributed by atoms with Gasteiger partial charge in [-0.1, -0.05) is 37.3 Å². The molecule has 2 N–H and O–H groups in total. The summed E-state index contributed by atoms with van der Waals surface area (Å²) in [5, 5.41) is 22.3. The number of hydrogen-bond donors (Lipinski definition) is 2. The lowest BCUT2D eigenvalue weighted by atomic mass is 9.54. The lowest BCUT2D eigenvalue weighted by molar-refractivity contribution is -0.156. The van der Waals surface area contributed by atoms with Gasteiger partial charge in [0.25, 0.3) is 0 Å². The number of rotatable bonds is 4. The summed E-state index contributed by atoms with van der Waals surface area (Å²) in [4.78, 5) is 29.4. The van der Waals surface area contributed by atoms with Gasteiger partial charge in [-0.25, -0.2) is 4.79 Å². The van der Waals surface area contributed by atoms with Crippen LogP contribution in [-0.4, -0.2) is 65.9 Å². The number of methoxy groups -OCH3 is 1. The van der Waals surface area contributed by atoms with E-state index in [4.69, 9.17) is 9.47 Å². The largest absolute Gasteiger partial charge is 0.504 e. The Hall–Kier alpha value is -2.90. The van der Waals surface area contributed by atoms with E-state index in [0.717, 1.165) is 25.9 Å². The van der Waals surface area contributed by atoms with E-state index in [1.54, 1.807) is 13.3 Å². The van der Waals surface area contributed by atoms with Crippen molar-refractivity contribution in [3.05, 3.63) is 76.6 Å². The molecule has 39 heavy (non-hydrogen) atoms. The number of allylic oxidation sites excluding steroid dienone is 1. The van der Waals surface area contributed by atoms with Crippen LogP contribution in [0.5, 0.6) is 0 Å². The number of cyclic esters (lactones) is 1. The minimum atomic E-state index is -1.000. The number of nitrogens with zero attached hydrogens (tertiary/aromatic N) is 1. The highest BCUT2D eigenvalue weighted by Crippen LogP contribution is 2.62. The third-order valence-electron chi connectivity index (χ3n) is 10.1. The zero-order valence-electron chi connectivity index (χ0n) is 22.9. The number of esters is 1. The number of carbonyl (C=O) groups is 2. The van der Waals surface area contributed by atoms with E-state index in [9.17, 15) is 19.8 Å². The zero-order valence-corrected chi connectivity index (χ0v) is 22.9. The Labute approximate surface area is 230 Å². The number of likely N-dealkylation sites (tertiary alicyclic amines) is 1. The minimum Gasteiger partial charge on any atom is -0.504 e. The van der Waals surface area contributed by atoms with Gasteiger partial charge in [-0.05, 0) is 62.0 Å². The second-order valence-corrected chi connectivity index (χ2v) is 12.2. The van der Waals surface area contributed by atoms with Crippen LogP contribution in [0.25, 0.3) is 0 Å². The van der Waals surface area contributed by atoms with Crippen LogP contribution in [0.4, 0.5) is 0 Å². The molecule has 1 saturated carbocycles. The van der Waals surface area contributed by atoms with Crippen molar-refractivity contribution in [3.63, 3.8) is 0 Å². The number of aliphatic hydroxyl groups excluding tert-OH is 2. The summed E-state index contributed by atoms with van der Waals surface area (Å²) in [7, 11) is 1.55. The van der Waals surface area contributed by atoms with Crippen molar-refractivity contribution >= 4 is 11.8 Å². The van der Waals surface area contributed by atoms with E-state index in [1.807, 2.05) is 19.9 Å². The standard InChI is InChI=1S/C32H37NO6/c1-31-14-11-23-26(22(31)9-10-24(31)34)28(35)29(36)27-21(30(37)39-25(18-38-3)32(23,27)2)17-33-15-12-20(13-16-33)19-7-5-4-6-8-19/h4-8,17,20,22,24-25,34,36H,9-10,12-16,18H2,1-3H3/b21-17+/t22?,24-,25+,31-,32-/m0/s1. The molecule has 6 rings (SSSR count). The van der Waals surface area contributed by atoms with E-state index in [0.29, 0.717) is 41.9 Å². The Kier molecular flexibility index (Phi) is 6.50. The van der Waals surface area contributed by atoms with Gasteiger partial charge in [-0.3, -0.25) is 4.79 Å². The molecule has 3 aliphatic carbocycles. The monoisotopic (exact) mass is 531 g/mol. The van der Waals surface area contributed by atoms with Crippen molar-refractivity contribution in [2.45, 2.75) is 64.1 Å². The summed E-state index contributed by atoms with van der Waals surface area (Å²) in [6.45, 7) is 5.54. The lowest BCUT2D eigenvalue weighted by Gasteiger charge is -2.52. The Bertz CT molecular complexity index is 1270. The molecular formula is C32H37NO6. The van der Waals surface area contributed by atoms with Crippen LogP contribution in [0.1, 0.15) is 57.4 Å². The average Bonchev–Trinajstić information content (AvgIpc) is 3.25. The molecule has 0 amide bonds. The van der Waals surface area contributed by atoms with Gasteiger partial charge < -0.3 is 24.6 Å². The molecule has 1 aromatic carbocycles. The quantitative estimate of drug-likeness (QED) is 0.442. The predicted octanol–water partition coefficient (Wildman–Crippen LogP) is 4.28. The summed E-state index contributed by atoms with van der Waals surface area (Å²) >= 11 is 0. The molecule has 5 atom stereocenters. The maximum absolute atomic E-state index is 13.8. The number of fused-ring (bicyclic) bond motifs is 4. The third-order valence-corrected chi connectivity index (χ3v) is 10.1. The van der Waals surface area contributed by atoms with E-state index in [1.165, 1.54) is 5.56 Å². The fourth-order valence-corrected chi connectivity index (χ4v) is 7.71. The number of hydrogen-bond acceptors (Lipinski definition) is 7. The van der Waals surface area contributed by atoms with Crippen molar-refractivity contribution in [2.75, 3.05) is 26.8 Å². The second kappa shape index (κ2) is 9.63. The second-order valence-electron chi connectivity index (χ2n) is 12.2. The number of piperidine rings is 1. The van der Waals surface area contributed by atoms with Gasteiger partial charge in [0.1, 0.15) is 6.10 Å².